The minimum absolute atomic E-state index is 0.0691. The van der Waals surface area contributed by atoms with Gasteiger partial charge in [0.05, 0.1) is 0 Å². The molecule has 7 heteroatoms. The number of rotatable bonds is 7. The standard InChI is InChI=1S/C20H31N5O2/c1-4-24(14-16-5-6-16)10-7-15-8-11-25(12-9-15)18-17(13-21)19(26)23(3)20(27)22(18)2/h15-16H,4-12,14H2,1-3H3. The smallest absolute Gasteiger partial charge is 0.332 e. The Labute approximate surface area is 160 Å². The fourth-order valence-electron chi connectivity index (χ4n) is 4.14. The van der Waals surface area contributed by atoms with E-state index in [1.54, 1.807) is 7.05 Å². The highest BCUT2D eigenvalue weighted by atomic mass is 16.2. The van der Waals surface area contributed by atoms with Crippen LogP contribution in [0.1, 0.15) is 44.6 Å². The fourth-order valence-corrected chi connectivity index (χ4v) is 4.14. The highest BCUT2D eigenvalue weighted by Gasteiger charge is 2.27. The molecule has 0 radical (unpaired) electrons. The average molecular weight is 374 g/mol. The number of hydrogen-bond donors (Lipinski definition) is 0. The lowest BCUT2D eigenvalue weighted by Crippen LogP contribution is -2.45. The number of aromatic nitrogens is 2. The molecule has 1 aliphatic carbocycles. The predicted molar refractivity (Wildman–Crippen MR) is 106 cm³/mol. The van der Waals surface area contributed by atoms with Gasteiger partial charge in [-0.3, -0.25) is 13.9 Å². The van der Waals surface area contributed by atoms with Gasteiger partial charge in [-0.15, -0.1) is 0 Å². The minimum Gasteiger partial charge on any atom is -0.357 e. The van der Waals surface area contributed by atoms with Gasteiger partial charge >= 0.3 is 5.69 Å². The molecule has 0 aromatic carbocycles. The summed E-state index contributed by atoms with van der Waals surface area (Å²) in [5.74, 6) is 2.08. The Balaban J connectivity index is 1.63. The summed E-state index contributed by atoms with van der Waals surface area (Å²) in [7, 11) is 3.06. The molecule has 1 aromatic heterocycles. The molecule has 1 aromatic rings. The zero-order chi connectivity index (χ0) is 19.6. The molecule has 148 valence electrons. The van der Waals surface area contributed by atoms with Crippen LogP contribution < -0.4 is 16.1 Å². The fraction of sp³-hybridized carbons (Fsp3) is 0.750. The second-order valence-electron chi connectivity index (χ2n) is 8.07. The van der Waals surface area contributed by atoms with Crippen LogP contribution in [0.15, 0.2) is 9.59 Å². The van der Waals surface area contributed by atoms with Crippen LogP contribution in [-0.2, 0) is 14.1 Å². The maximum Gasteiger partial charge on any atom is 0.332 e. The highest BCUT2D eigenvalue weighted by Crippen LogP contribution is 2.30. The van der Waals surface area contributed by atoms with Gasteiger partial charge in [0.15, 0.2) is 5.56 Å². The SMILES string of the molecule is CCN(CCC1CCN(c2c(C#N)c(=O)n(C)c(=O)n2C)CC1)CC1CC1. The van der Waals surface area contributed by atoms with E-state index in [-0.39, 0.29) is 11.3 Å². The largest absolute Gasteiger partial charge is 0.357 e. The van der Waals surface area contributed by atoms with Gasteiger partial charge in [0.25, 0.3) is 5.56 Å². The molecule has 0 amide bonds. The van der Waals surface area contributed by atoms with Crippen LogP contribution in [0.25, 0.3) is 0 Å². The molecular weight excluding hydrogens is 342 g/mol. The van der Waals surface area contributed by atoms with E-state index in [0.29, 0.717) is 11.7 Å². The third-order valence-corrected chi connectivity index (χ3v) is 6.17. The molecule has 27 heavy (non-hydrogen) atoms. The van der Waals surface area contributed by atoms with Crippen molar-refractivity contribution in [1.82, 2.24) is 14.0 Å². The first-order valence-corrected chi connectivity index (χ1v) is 10.1. The summed E-state index contributed by atoms with van der Waals surface area (Å²) in [5.41, 5.74) is -0.814. The summed E-state index contributed by atoms with van der Waals surface area (Å²) in [5, 5.41) is 9.46. The topological polar surface area (TPSA) is 74.3 Å². The van der Waals surface area contributed by atoms with E-state index in [9.17, 15) is 14.9 Å². The average Bonchev–Trinajstić information content (AvgIpc) is 3.50. The summed E-state index contributed by atoms with van der Waals surface area (Å²) in [6.07, 6.45) is 6.07. The summed E-state index contributed by atoms with van der Waals surface area (Å²) in [6, 6.07) is 2.01. The lowest BCUT2D eigenvalue weighted by atomic mass is 9.93. The third-order valence-electron chi connectivity index (χ3n) is 6.17. The van der Waals surface area contributed by atoms with Gasteiger partial charge in [-0.25, -0.2) is 4.79 Å². The molecule has 1 saturated heterocycles. The molecule has 0 spiro atoms. The number of hydrogen-bond acceptors (Lipinski definition) is 5. The molecule has 1 saturated carbocycles. The molecule has 0 unspecified atom stereocenters. The second-order valence-corrected chi connectivity index (χ2v) is 8.07. The van der Waals surface area contributed by atoms with Gasteiger partial charge in [0.2, 0.25) is 0 Å². The monoisotopic (exact) mass is 373 g/mol. The van der Waals surface area contributed by atoms with Crippen LogP contribution in [0.2, 0.25) is 0 Å². The Bertz CT molecular complexity index is 822. The normalized spacial score (nSPS) is 18.1. The molecule has 2 aliphatic rings. The minimum atomic E-state index is -0.503. The van der Waals surface area contributed by atoms with Gasteiger partial charge in [-0.1, -0.05) is 6.92 Å². The molecule has 7 nitrogen and oxygen atoms in total. The lowest BCUT2D eigenvalue weighted by Gasteiger charge is -2.35. The maximum atomic E-state index is 12.3. The summed E-state index contributed by atoms with van der Waals surface area (Å²) in [4.78, 5) is 29.2. The van der Waals surface area contributed by atoms with Crippen molar-refractivity contribution in [2.24, 2.45) is 25.9 Å². The van der Waals surface area contributed by atoms with Gasteiger partial charge in [-0.2, -0.15) is 5.26 Å². The van der Waals surface area contributed by atoms with Crippen molar-refractivity contribution < 1.29 is 0 Å². The summed E-state index contributed by atoms with van der Waals surface area (Å²) < 4.78 is 2.45. The zero-order valence-corrected chi connectivity index (χ0v) is 16.8. The van der Waals surface area contributed by atoms with Gasteiger partial charge in [-0.05, 0) is 57.0 Å². The van der Waals surface area contributed by atoms with Crippen molar-refractivity contribution in [2.75, 3.05) is 37.6 Å². The van der Waals surface area contributed by atoms with Crippen molar-refractivity contribution in [1.29, 1.82) is 5.26 Å². The molecular formula is C20H31N5O2. The number of piperidine rings is 1. The van der Waals surface area contributed by atoms with E-state index in [2.05, 4.69) is 11.8 Å². The highest BCUT2D eigenvalue weighted by molar-refractivity contribution is 5.53. The molecule has 0 N–H and O–H groups in total. The van der Waals surface area contributed by atoms with Crippen LogP contribution in [0.4, 0.5) is 5.82 Å². The number of nitrogens with zero attached hydrogens (tertiary/aromatic N) is 5. The maximum absolute atomic E-state index is 12.3. The predicted octanol–water partition coefficient (Wildman–Crippen LogP) is 1.29. The van der Waals surface area contributed by atoms with Crippen LogP contribution >= 0.6 is 0 Å². The molecule has 1 aliphatic heterocycles. The van der Waals surface area contributed by atoms with E-state index in [1.165, 1.54) is 37.4 Å². The number of nitriles is 1. The molecule has 3 rings (SSSR count). The van der Waals surface area contributed by atoms with Crippen LogP contribution in [0.5, 0.6) is 0 Å². The second kappa shape index (κ2) is 8.30. The Hall–Kier alpha value is -2.07. The summed E-state index contributed by atoms with van der Waals surface area (Å²) in [6.45, 7) is 7.34. The Kier molecular flexibility index (Phi) is 6.05. The van der Waals surface area contributed by atoms with Crippen LogP contribution in [-0.4, -0.2) is 46.8 Å². The third kappa shape index (κ3) is 4.27. The zero-order valence-electron chi connectivity index (χ0n) is 16.8. The molecule has 0 bridgehead atoms. The van der Waals surface area contributed by atoms with Gasteiger partial charge in [0.1, 0.15) is 11.9 Å². The van der Waals surface area contributed by atoms with Crippen molar-refractivity contribution in [3.8, 4) is 6.07 Å². The van der Waals surface area contributed by atoms with E-state index in [1.807, 2.05) is 11.0 Å². The Morgan fingerprint density at radius 3 is 2.30 bits per heavy atom. The van der Waals surface area contributed by atoms with Crippen molar-refractivity contribution in [3.63, 3.8) is 0 Å². The molecule has 2 fully saturated rings. The van der Waals surface area contributed by atoms with Crippen LogP contribution in [0.3, 0.4) is 0 Å². The van der Waals surface area contributed by atoms with E-state index >= 15 is 0 Å². The molecule has 0 atom stereocenters. The Morgan fingerprint density at radius 1 is 1.07 bits per heavy atom. The first kappa shape index (κ1) is 19.7. The number of anilines is 1. The van der Waals surface area contributed by atoms with Crippen LogP contribution in [0, 0.1) is 23.2 Å². The van der Waals surface area contributed by atoms with Crippen molar-refractivity contribution in [3.05, 3.63) is 26.4 Å². The summed E-state index contributed by atoms with van der Waals surface area (Å²) >= 11 is 0. The lowest BCUT2D eigenvalue weighted by molar-refractivity contribution is 0.241. The van der Waals surface area contributed by atoms with E-state index in [4.69, 9.17) is 0 Å². The van der Waals surface area contributed by atoms with Crippen molar-refractivity contribution >= 4 is 5.82 Å². The Morgan fingerprint density at radius 2 is 1.74 bits per heavy atom. The van der Waals surface area contributed by atoms with Gasteiger partial charge in [0, 0.05) is 33.7 Å². The van der Waals surface area contributed by atoms with Gasteiger partial charge < -0.3 is 9.80 Å². The first-order valence-electron chi connectivity index (χ1n) is 10.1. The quantitative estimate of drug-likeness (QED) is 0.720. The first-order chi connectivity index (χ1) is 13.0. The molecule has 2 heterocycles. The van der Waals surface area contributed by atoms with Crippen molar-refractivity contribution in [2.45, 2.75) is 39.0 Å². The van der Waals surface area contributed by atoms with E-state index < -0.39 is 5.56 Å². The van der Waals surface area contributed by atoms with E-state index in [0.717, 1.165) is 49.5 Å².